The summed E-state index contributed by atoms with van der Waals surface area (Å²) in [6.07, 6.45) is 3.71. The van der Waals surface area contributed by atoms with Crippen molar-refractivity contribution in [3.8, 4) is 0 Å². The summed E-state index contributed by atoms with van der Waals surface area (Å²) in [5, 5.41) is 6.55. The highest BCUT2D eigenvalue weighted by Crippen LogP contribution is 2.29. The van der Waals surface area contributed by atoms with E-state index in [0.717, 1.165) is 16.4 Å². The highest BCUT2D eigenvalue weighted by molar-refractivity contribution is 7.09. The lowest BCUT2D eigenvalue weighted by Gasteiger charge is -2.16. The van der Waals surface area contributed by atoms with Crippen molar-refractivity contribution >= 4 is 11.3 Å². The number of nitrogens with one attached hydrogen (secondary N) is 1. The summed E-state index contributed by atoms with van der Waals surface area (Å²) in [4.78, 5) is 8.94. The molecule has 0 aromatic carbocycles. The van der Waals surface area contributed by atoms with Crippen molar-refractivity contribution in [3.63, 3.8) is 0 Å². The van der Waals surface area contributed by atoms with Crippen molar-refractivity contribution in [2.45, 2.75) is 32.2 Å². The first kappa shape index (κ1) is 13.2. The summed E-state index contributed by atoms with van der Waals surface area (Å²) in [5.41, 5.74) is 2.37. The van der Waals surface area contributed by atoms with Gasteiger partial charge in [-0.25, -0.2) is 9.97 Å². The zero-order valence-corrected chi connectivity index (χ0v) is 12.4. The number of hydrogen-bond acceptors (Lipinski definition) is 4. The van der Waals surface area contributed by atoms with Gasteiger partial charge in [0.2, 0.25) is 0 Å². The van der Waals surface area contributed by atoms with Crippen LogP contribution in [0.1, 0.15) is 43.2 Å². The average molecular weight is 264 g/mol. The topological polar surface area (TPSA) is 42.7 Å². The summed E-state index contributed by atoms with van der Waals surface area (Å²) in [7, 11) is 3.96. The monoisotopic (exact) mass is 264 g/mol. The second-order valence-electron chi connectivity index (χ2n) is 5.47. The standard InChI is InChI=1S/C13H20N4S/c1-13(2,3)10-7-18-12(16-10)11(14-4)9-6-15-8-17(9)5/h6-8,11,14H,1-5H3. The van der Waals surface area contributed by atoms with Crippen LogP contribution >= 0.6 is 11.3 Å². The molecule has 1 unspecified atom stereocenters. The van der Waals surface area contributed by atoms with Gasteiger partial charge in [0.15, 0.2) is 0 Å². The molecule has 0 saturated carbocycles. The molecule has 18 heavy (non-hydrogen) atoms. The second-order valence-corrected chi connectivity index (χ2v) is 6.36. The Hall–Kier alpha value is -1.20. The number of nitrogens with zero attached hydrogens (tertiary/aromatic N) is 3. The van der Waals surface area contributed by atoms with Crippen molar-refractivity contribution in [2.24, 2.45) is 7.05 Å². The van der Waals surface area contributed by atoms with E-state index in [0.29, 0.717) is 0 Å². The minimum Gasteiger partial charge on any atom is -0.336 e. The zero-order valence-electron chi connectivity index (χ0n) is 11.6. The van der Waals surface area contributed by atoms with Gasteiger partial charge in [0.05, 0.1) is 23.9 Å². The van der Waals surface area contributed by atoms with E-state index in [1.54, 1.807) is 11.3 Å². The molecule has 0 radical (unpaired) electrons. The fourth-order valence-corrected chi connectivity index (χ4v) is 2.97. The Morgan fingerprint density at radius 3 is 2.56 bits per heavy atom. The summed E-state index contributed by atoms with van der Waals surface area (Å²) in [5.74, 6) is 0. The highest BCUT2D eigenvalue weighted by atomic mass is 32.1. The second kappa shape index (κ2) is 4.82. The molecule has 4 nitrogen and oxygen atoms in total. The molecular formula is C13H20N4S. The van der Waals surface area contributed by atoms with Crippen molar-refractivity contribution in [2.75, 3.05) is 7.05 Å². The first-order valence-electron chi connectivity index (χ1n) is 6.03. The van der Waals surface area contributed by atoms with Crippen LogP contribution in [0.4, 0.5) is 0 Å². The van der Waals surface area contributed by atoms with Crippen LogP contribution in [0.5, 0.6) is 0 Å². The quantitative estimate of drug-likeness (QED) is 0.926. The van der Waals surface area contributed by atoms with E-state index in [9.17, 15) is 0 Å². The van der Waals surface area contributed by atoms with Gasteiger partial charge in [0.25, 0.3) is 0 Å². The molecule has 0 spiro atoms. The summed E-state index contributed by atoms with van der Waals surface area (Å²) in [6.45, 7) is 6.55. The Morgan fingerprint density at radius 2 is 2.11 bits per heavy atom. The lowest BCUT2D eigenvalue weighted by molar-refractivity contribution is 0.563. The molecule has 1 atom stereocenters. The lowest BCUT2D eigenvalue weighted by Crippen LogP contribution is -2.20. The number of aromatic nitrogens is 3. The van der Waals surface area contributed by atoms with Gasteiger partial charge < -0.3 is 9.88 Å². The molecule has 0 amide bonds. The predicted molar refractivity (Wildman–Crippen MR) is 74.9 cm³/mol. The molecule has 0 saturated heterocycles. The van der Waals surface area contributed by atoms with E-state index in [1.807, 2.05) is 31.2 Å². The Labute approximate surface area is 112 Å². The van der Waals surface area contributed by atoms with E-state index in [1.165, 1.54) is 0 Å². The normalized spacial score (nSPS) is 13.8. The molecule has 98 valence electrons. The molecule has 0 aliphatic carbocycles. The van der Waals surface area contributed by atoms with Gasteiger partial charge in [-0.3, -0.25) is 0 Å². The van der Waals surface area contributed by atoms with E-state index in [4.69, 9.17) is 4.98 Å². The maximum absolute atomic E-state index is 4.76. The fraction of sp³-hybridized carbons (Fsp3) is 0.538. The Kier molecular flexibility index (Phi) is 3.54. The van der Waals surface area contributed by atoms with E-state index in [2.05, 4.69) is 36.5 Å². The molecule has 2 heterocycles. The SMILES string of the molecule is CNC(c1nc(C(C)(C)C)cs1)c1cncn1C. The molecule has 0 aliphatic heterocycles. The number of hydrogen-bond donors (Lipinski definition) is 1. The number of aryl methyl sites for hydroxylation is 1. The maximum Gasteiger partial charge on any atom is 0.116 e. The Bertz CT molecular complexity index is 521. The van der Waals surface area contributed by atoms with Gasteiger partial charge in [-0.2, -0.15) is 0 Å². The third kappa shape index (κ3) is 2.47. The van der Waals surface area contributed by atoms with Gasteiger partial charge >= 0.3 is 0 Å². The first-order chi connectivity index (χ1) is 8.43. The summed E-state index contributed by atoms with van der Waals surface area (Å²) in [6, 6.07) is 0.110. The molecule has 0 bridgehead atoms. The minimum absolute atomic E-state index is 0.0967. The third-order valence-corrected chi connectivity index (χ3v) is 3.89. The van der Waals surface area contributed by atoms with Crippen LogP contribution < -0.4 is 5.32 Å². The van der Waals surface area contributed by atoms with Crippen LogP contribution in [-0.4, -0.2) is 21.6 Å². The maximum atomic E-state index is 4.76. The molecule has 5 heteroatoms. The minimum atomic E-state index is 0.0967. The molecule has 2 aromatic heterocycles. The van der Waals surface area contributed by atoms with Crippen LogP contribution in [0, 0.1) is 0 Å². The van der Waals surface area contributed by atoms with Crippen molar-refractivity contribution in [3.05, 3.63) is 34.3 Å². The van der Waals surface area contributed by atoms with Crippen LogP contribution in [0.2, 0.25) is 0 Å². The van der Waals surface area contributed by atoms with Crippen LogP contribution in [-0.2, 0) is 12.5 Å². The Balaban J connectivity index is 2.35. The summed E-state index contributed by atoms with van der Waals surface area (Å²) < 4.78 is 2.03. The van der Waals surface area contributed by atoms with Crippen LogP contribution in [0.25, 0.3) is 0 Å². The smallest absolute Gasteiger partial charge is 0.116 e. The zero-order chi connectivity index (χ0) is 13.3. The lowest BCUT2D eigenvalue weighted by atomic mass is 9.93. The van der Waals surface area contributed by atoms with Crippen LogP contribution in [0.3, 0.4) is 0 Å². The molecule has 2 aromatic rings. The molecule has 1 N–H and O–H groups in total. The number of rotatable bonds is 3. The number of thiazole rings is 1. The number of imidazole rings is 1. The predicted octanol–water partition coefficient (Wildman–Crippen LogP) is 2.48. The highest BCUT2D eigenvalue weighted by Gasteiger charge is 2.22. The van der Waals surface area contributed by atoms with Crippen molar-refractivity contribution in [1.82, 2.24) is 19.9 Å². The summed E-state index contributed by atoms with van der Waals surface area (Å²) >= 11 is 1.70. The van der Waals surface area contributed by atoms with Gasteiger partial charge in [0.1, 0.15) is 11.0 Å². The molecule has 2 rings (SSSR count). The Morgan fingerprint density at radius 1 is 1.39 bits per heavy atom. The van der Waals surface area contributed by atoms with Gasteiger partial charge in [0, 0.05) is 17.8 Å². The van der Waals surface area contributed by atoms with Crippen molar-refractivity contribution < 1.29 is 0 Å². The molecule has 0 aliphatic rings. The van der Waals surface area contributed by atoms with Gasteiger partial charge in [-0.1, -0.05) is 20.8 Å². The largest absolute Gasteiger partial charge is 0.336 e. The van der Waals surface area contributed by atoms with Crippen molar-refractivity contribution in [1.29, 1.82) is 0 Å². The molecular weight excluding hydrogens is 244 g/mol. The van der Waals surface area contributed by atoms with Gasteiger partial charge in [-0.05, 0) is 7.05 Å². The molecule has 0 fully saturated rings. The van der Waals surface area contributed by atoms with E-state index < -0.39 is 0 Å². The fourth-order valence-electron chi connectivity index (χ4n) is 1.81. The average Bonchev–Trinajstić information content (AvgIpc) is 2.89. The van der Waals surface area contributed by atoms with E-state index >= 15 is 0 Å². The first-order valence-corrected chi connectivity index (χ1v) is 6.91. The van der Waals surface area contributed by atoms with Crippen LogP contribution in [0.15, 0.2) is 17.9 Å². The van der Waals surface area contributed by atoms with E-state index in [-0.39, 0.29) is 11.5 Å². The third-order valence-electron chi connectivity index (χ3n) is 2.98. The van der Waals surface area contributed by atoms with Gasteiger partial charge in [-0.15, -0.1) is 11.3 Å².